The Morgan fingerprint density at radius 1 is 1.33 bits per heavy atom. The number of nitrogens with zero attached hydrogens (tertiary/aromatic N) is 2. The van der Waals surface area contributed by atoms with Gasteiger partial charge in [0.1, 0.15) is 5.69 Å². The topological polar surface area (TPSA) is 94.9 Å². The third-order valence-corrected chi connectivity index (χ3v) is 6.03. The zero-order chi connectivity index (χ0) is 17.9. The molecule has 1 fully saturated rings. The van der Waals surface area contributed by atoms with Crippen molar-refractivity contribution in [2.75, 3.05) is 26.8 Å². The minimum Gasteiger partial charge on any atom is -0.466 e. The highest BCUT2D eigenvalue weighted by Gasteiger charge is 2.35. The van der Waals surface area contributed by atoms with Gasteiger partial charge in [0, 0.05) is 20.1 Å². The van der Waals surface area contributed by atoms with Gasteiger partial charge in [-0.15, -0.1) is 0 Å². The molecule has 1 aliphatic heterocycles. The number of hydrogen-bond acceptors (Lipinski definition) is 6. The van der Waals surface area contributed by atoms with Crippen molar-refractivity contribution in [1.82, 2.24) is 8.87 Å². The summed E-state index contributed by atoms with van der Waals surface area (Å²) in [5.41, 5.74) is 0.148. The van der Waals surface area contributed by atoms with E-state index < -0.39 is 21.9 Å². The Bertz CT molecular complexity index is 724. The maximum absolute atomic E-state index is 12.9. The fourth-order valence-corrected chi connectivity index (χ4v) is 4.50. The second-order valence-electron chi connectivity index (χ2n) is 5.56. The van der Waals surface area contributed by atoms with Gasteiger partial charge in [-0.3, -0.25) is 4.79 Å². The number of ether oxygens (including phenoxy) is 2. The zero-order valence-corrected chi connectivity index (χ0v) is 14.8. The van der Waals surface area contributed by atoms with Gasteiger partial charge in [-0.25, -0.2) is 13.2 Å². The summed E-state index contributed by atoms with van der Waals surface area (Å²) < 4.78 is 37.9. The third kappa shape index (κ3) is 3.46. The van der Waals surface area contributed by atoms with Crippen molar-refractivity contribution in [2.24, 2.45) is 13.0 Å². The summed E-state index contributed by atoms with van der Waals surface area (Å²) in [6, 6.07) is 2.78. The lowest BCUT2D eigenvalue weighted by molar-refractivity contribution is -0.149. The van der Waals surface area contributed by atoms with E-state index in [1.807, 2.05) is 0 Å². The molecule has 8 nitrogen and oxygen atoms in total. The summed E-state index contributed by atoms with van der Waals surface area (Å²) in [5.74, 6) is -1.45. The molecule has 0 amide bonds. The highest BCUT2D eigenvalue weighted by Crippen LogP contribution is 2.25. The fourth-order valence-electron chi connectivity index (χ4n) is 2.81. The molecule has 0 radical (unpaired) electrons. The minimum absolute atomic E-state index is 0.00703. The van der Waals surface area contributed by atoms with Gasteiger partial charge in [-0.1, -0.05) is 0 Å². The van der Waals surface area contributed by atoms with E-state index in [-0.39, 0.29) is 29.8 Å². The first-order valence-corrected chi connectivity index (χ1v) is 9.17. The monoisotopic (exact) mass is 358 g/mol. The highest BCUT2D eigenvalue weighted by atomic mass is 32.2. The maximum Gasteiger partial charge on any atom is 0.354 e. The van der Waals surface area contributed by atoms with E-state index in [0.29, 0.717) is 19.4 Å². The Kier molecular flexibility index (Phi) is 5.66. The van der Waals surface area contributed by atoms with Crippen LogP contribution < -0.4 is 0 Å². The Balaban J connectivity index is 2.25. The lowest BCUT2D eigenvalue weighted by Crippen LogP contribution is -2.43. The van der Waals surface area contributed by atoms with Gasteiger partial charge in [0.25, 0.3) is 10.0 Å². The molecule has 0 aromatic carbocycles. The molecule has 9 heteroatoms. The number of carbonyl (C=O) groups is 2. The van der Waals surface area contributed by atoms with E-state index in [1.165, 1.54) is 35.2 Å². The van der Waals surface area contributed by atoms with E-state index >= 15 is 0 Å². The van der Waals surface area contributed by atoms with E-state index in [1.54, 1.807) is 6.92 Å². The number of methoxy groups -OCH3 is 1. The summed E-state index contributed by atoms with van der Waals surface area (Å²) >= 11 is 0. The molecule has 1 aromatic rings. The van der Waals surface area contributed by atoms with Crippen molar-refractivity contribution >= 4 is 22.0 Å². The van der Waals surface area contributed by atoms with Crippen LogP contribution >= 0.6 is 0 Å². The van der Waals surface area contributed by atoms with Gasteiger partial charge in [0.2, 0.25) is 0 Å². The van der Waals surface area contributed by atoms with Gasteiger partial charge in [0.15, 0.2) is 5.03 Å². The summed E-state index contributed by atoms with van der Waals surface area (Å²) in [6.07, 6.45) is 1.18. The van der Waals surface area contributed by atoms with Crippen molar-refractivity contribution in [2.45, 2.75) is 24.8 Å². The quantitative estimate of drug-likeness (QED) is 0.722. The van der Waals surface area contributed by atoms with Crippen LogP contribution in [0.15, 0.2) is 17.2 Å². The molecule has 1 aliphatic rings. The number of piperidine rings is 1. The van der Waals surface area contributed by atoms with Crippen LogP contribution in [0.4, 0.5) is 0 Å². The zero-order valence-electron chi connectivity index (χ0n) is 14.0. The Labute approximate surface area is 141 Å². The summed E-state index contributed by atoms with van der Waals surface area (Å²) in [6.45, 7) is 2.40. The molecule has 2 rings (SSSR count). The molecule has 24 heavy (non-hydrogen) atoms. The van der Waals surface area contributed by atoms with Gasteiger partial charge in [0.05, 0.1) is 19.6 Å². The molecule has 0 unspecified atom stereocenters. The lowest BCUT2D eigenvalue weighted by atomic mass is 10.0. The van der Waals surface area contributed by atoms with Crippen LogP contribution in [0.25, 0.3) is 0 Å². The van der Waals surface area contributed by atoms with E-state index in [9.17, 15) is 18.0 Å². The molecule has 0 bridgehead atoms. The molecule has 0 saturated carbocycles. The number of hydrogen-bond donors (Lipinski definition) is 0. The van der Waals surface area contributed by atoms with Crippen molar-refractivity contribution in [1.29, 1.82) is 0 Å². The van der Waals surface area contributed by atoms with E-state index in [0.717, 1.165) is 0 Å². The summed E-state index contributed by atoms with van der Waals surface area (Å²) in [4.78, 5) is 23.5. The Morgan fingerprint density at radius 3 is 2.67 bits per heavy atom. The third-order valence-electron chi connectivity index (χ3n) is 4.08. The van der Waals surface area contributed by atoms with E-state index in [4.69, 9.17) is 4.74 Å². The van der Waals surface area contributed by atoms with Crippen LogP contribution in [-0.2, 0) is 31.3 Å². The molecular weight excluding hydrogens is 336 g/mol. The first kappa shape index (κ1) is 18.5. The molecule has 0 aliphatic carbocycles. The molecular formula is C15H22N2O6S. The van der Waals surface area contributed by atoms with Gasteiger partial charge < -0.3 is 14.0 Å². The van der Waals surface area contributed by atoms with Crippen molar-refractivity contribution < 1.29 is 27.5 Å². The van der Waals surface area contributed by atoms with Crippen LogP contribution in [0.2, 0.25) is 0 Å². The number of esters is 2. The first-order valence-electron chi connectivity index (χ1n) is 7.73. The predicted molar refractivity (Wildman–Crippen MR) is 84.9 cm³/mol. The maximum atomic E-state index is 12.9. The van der Waals surface area contributed by atoms with Crippen molar-refractivity contribution in [3.05, 3.63) is 17.8 Å². The molecule has 2 heterocycles. The molecule has 0 N–H and O–H groups in total. The normalized spacial score (nSPS) is 19.0. The fraction of sp³-hybridized carbons (Fsp3) is 0.600. The number of carbonyl (C=O) groups excluding carboxylic acids is 2. The van der Waals surface area contributed by atoms with Gasteiger partial charge >= 0.3 is 11.9 Å². The second-order valence-corrected chi connectivity index (χ2v) is 7.45. The highest BCUT2D eigenvalue weighted by molar-refractivity contribution is 7.89. The van der Waals surface area contributed by atoms with Crippen LogP contribution in [0.5, 0.6) is 0 Å². The Hall–Kier alpha value is -1.87. The van der Waals surface area contributed by atoms with Crippen molar-refractivity contribution in [3.8, 4) is 0 Å². The molecule has 1 atom stereocenters. The van der Waals surface area contributed by atoms with Crippen LogP contribution in [-0.4, -0.2) is 56.0 Å². The van der Waals surface area contributed by atoms with Crippen LogP contribution in [0.3, 0.4) is 0 Å². The van der Waals surface area contributed by atoms with Gasteiger partial charge in [-0.05, 0) is 31.9 Å². The predicted octanol–water partition coefficient (Wildman–Crippen LogP) is 0.775. The average Bonchev–Trinajstić information content (AvgIpc) is 2.96. The first-order chi connectivity index (χ1) is 11.3. The van der Waals surface area contributed by atoms with Gasteiger partial charge in [-0.2, -0.15) is 4.31 Å². The largest absolute Gasteiger partial charge is 0.466 e. The number of aromatic nitrogens is 1. The molecule has 1 aromatic heterocycles. The van der Waals surface area contributed by atoms with Crippen molar-refractivity contribution in [3.63, 3.8) is 0 Å². The minimum atomic E-state index is -3.81. The number of sulfonamides is 1. The van der Waals surface area contributed by atoms with E-state index in [2.05, 4.69) is 4.74 Å². The lowest BCUT2D eigenvalue weighted by Gasteiger charge is -2.30. The number of rotatable bonds is 5. The summed E-state index contributed by atoms with van der Waals surface area (Å²) in [5, 5.41) is -0.00703. The standard InChI is InChI=1S/C15H22N2O6S/c1-4-23-14(18)11-6-5-9-17(10-11)24(20,21)13-8-7-12(16(13)2)15(19)22-3/h7-8,11H,4-6,9-10H2,1-3H3/t11-/m0/s1. The van der Waals surface area contributed by atoms with Crippen LogP contribution in [0, 0.1) is 5.92 Å². The average molecular weight is 358 g/mol. The Morgan fingerprint density at radius 2 is 2.04 bits per heavy atom. The molecule has 1 saturated heterocycles. The summed E-state index contributed by atoms with van der Waals surface area (Å²) in [7, 11) is -1.09. The molecule has 0 spiro atoms. The second kappa shape index (κ2) is 7.35. The SMILES string of the molecule is CCOC(=O)[C@H]1CCCN(S(=O)(=O)c2ccc(C(=O)OC)n2C)C1. The molecule has 134 valence electrons. The van der Waals surface area contributed by atoms with Crippen LogP contribution in [0.1, 0.15) is 30.3 Å². The smallest absolute Gasteiger partial charge is 0.354 e.